The Hall–Kier alpha value is -2.33. The number of anilines is 1. The van der Waals surface area contributed by atoms with E-state index in [0.717, 1.165) is 36.6 Å². The minimum absolute atomic E-state index is 0.00414. The largest absolute Gasteiger partial charge is 0.483 e. The Morgan fingerprint density at radius 1 is 1.08 bits per heavy atom. The predicted molar refractivity (Wildman–Crippen MR) is 103 cm³/mol. The first-order valence-electron chi connectivity index (χ1n) is 8.83. The topological polar surface area (TPSA) is 41.6 Å². The van der Waals surface area contributed by atoms with Gasteiger partial charge in [-0.2, -0.15) is 0 Å². The maximum atomic E-state index is 12.2. The van der Waals surface area contributed by atoms with E-state index in [2.05, 4.69) is 30.1 Å². The zero-order chi connectivity index (χ0) is 18.2. The highest BCUT2D eigenvalue weighted by atomic mass is 16.5. The average molecular weight is 340 g/mol. The predicted octanol–water partition coefficient (Wildman–Crippen LogP) is 4.16. The van der Waals surface area contributed by atoms with Crippen LogP contribution in [0.3, 0.4) is 0 Å². The number of nitrogens with one attached hydrogen (secondary N) is 1. The normalized spacial score (nSPS) is 10.8. The van der Waals surface area contributed by atoms with Crippen molar-refractivity contribution in [1.29, 1.82) is 0 Å². The summed E-state index contributed by atoms with van der Waals surface area (Å²) in [4.78, 5) is 14.5. The lowest BCUT2D eigenvalue weighted by molar-refractivity contribution is -0.118. The van der Waals surface area contributed by atoms with E-state index in [9.17, 15) is 4.79 Å². The minimum Gasteiger partial charge on any atom is -0.483 e. The van der Waals surface area contributed by atoms with E-state index < -0.39 is 0 Å². The van der Waals surface area contributed by atoms with Crippen molar-refractivity contribution in [3.8, 4) is 5.75 Å². The van der Waals surface area contributed by atoms with Gasteiger partial charge in [0.2, 0.25) is 0 Å². The molecule has 0 aliphatic carbocycles. The van der Waals surface area contributed by atoms with Crippen molar-refractivity contribution in [2.75, 3.05) is 25.0 Å². The van der Waals surface area contributed by atoms with Gasteiger partial charge in [0, 0.05) is 12.2 Å². The molecule has 0 spiro atoms. The molecule has 0 bridgehead atoms. The van der Waals surface area contributed by atoms with Crippen LogP contribution >= 0.6 is 0 Å². The van der Waals surface area contributed by atoms with Crippen LogP contribution in [0.5, 0.6) is 5.75 Å². The molecule has 0 saturated carbocycles. The first kappa shape index (κ1) is 19.0. The van der Waals surface area contributed by atoms with Crippen molar-refractivity contribution < 1.29 is 9.53 Å². The third kappa shape index (κ3) is 5.91. The molecule has 4 heteroatoms. The summed E-state index contributed by atoms with van der Waals surface area (Å²) < 4.78 is 5.64. The fraction of sp³-hybridized carbons (Fsp3) is 0.381. The van der Waals surface area contributed by atoms with Gasteiger partial charge in [0.05, 0.1) is 0 Å². The van der Waals surface area contributed by atoms with Crippen LogP contribution in [0.25, 0.3) is 0 Å². The molecular formula is C21H28N2O2. The third-order valence-electron chi connectivity index (χ3n) is 4.20. The lowest BCUT2D eigenvalue weighted by Crippen LogP contribution is -2.22. The highest BCUT2D eigenvalue weighted by Gasteiger charge is 2.07. The van der Waals surface area contributed by atoms with Gasteiger partial charge in [-0.05, 0) is 56.3 Å². The molecule has 2 aromatic carbocycles. The van der Waals surface area contributed by atoms with Gasteiger partial charge in [-0.25, -0.2) is 0 Å². The molecule has 0 aliphatic heterocycles. The SMILES string of the molecule is CCN(CC)Cc1cccc(NC(=O)COc2ccc(C)cc2C)c1. The summed E-state index contributed by atoms with van der Waals surface area (Å²) in [5.41, 5.74) is 4.21. The van der Waals surface area contributed by atoms with Crippen molar-refractivity contribution in [3.63, 3.8) is 0 Å². The fourth-order valence-corrected chi connectivity index (χ4v) is 2.75. The van der Waals surface area contributed by atoms with Gasteiger partial charge in [0.15, 0.2) is 6.61 Å². The van der Waals surface area contributed by atoms with Crippen LogP contribution in [0, 0.1) is 13.8 Å². The van der Waals surface area contributed by atoms with Crippen LogP contribution < -0.4 is 10.1 Å². The summed E-state index contributed by atoms with van der Waals surface area (Å²) >= 11 is 0. The van der Waals surface area contributed by atoms with Gasteiger partial charge >= 0.3 is 0 Å². The molecule has 0 fully saturated rings. The zero-order valence-electron chi connectivity index (χ0n) is 15.6. The van der Waals surface area contributed by atoms with Gasteiger partial charge in [0.1, 0.15) is 5.75 Å². The number of ether oxygens (including phenoxy) is 1. The summed E-state index contributed by atoms with van der Waals surface area (Å²) in [6.07, 6.45) is 0. The fourth-order valence-electron chi connectivity index (χ4n) is 2.75. The van der Waals surface area contributed by atoms with Crippen LogP contribution in [-0.4, -0.2) is 30.5 Å². The molecule has 0 aromatic heterocycles. The van der Waals surface area contributed by atoms with E-state index in [1.54, 1.807) is 0 Å². The molecule has 0 heterocycles. The van der Waals surface area contributed by atoms with Crippen LogP contribution in [0.15, 0.2) is 42.5 Å². The summed E-state index contributed by atoms with van der Waals surface area (Å²) in [6, 6.07) is 13.9. The van der Waals surface area contributed by atoms with E-state index in [4.69, 9.17) is 4.74 Å². The molecule has 134 valence electrons. The van der Waals surface area contributed by atoms with E-state index in [0.29, 0.717) is 0 Å². The number of carbonyl (C=O) groups is 1. The molecule has 0 atom stereocenters. The van der Waals surface area contributed by atoms with Crippen molar-refractivity contribution >= 4 is 11.6 Å². The molecule has 2 rings (SSSR count). The lowest BCUT2D eigenvalue weighted by atomic mass is 10.1. The molecule has 0 aliphatic rings. The van der Waals surface area contributed by atoms with E-state index in [-0.39, 0.29) is 12.5 Å². The Labute approximate surface area is 150 Å². The quantitative estimate of drug-likeness (QED) is 0.784. The maximum Gasteiger partial charge on any atom is 0.262 e. The highest BCUT2D eigenvalue weighted by Crippen LogP contribution is 2.19. The first-order chi connectivity index (χ1) is 12.0. The van der Waals surface area contributed by atoms with Crippen LogP contribution in [0.4, 0.5) is 5.69 Å². The summed E-state index contributed by atoms with van der Waals surface area (Å²) in [6.45, 7) is 11.2. The summed E-state index contributed by atoms with van der Waals surface area (Å²) in [5.74, 6) is 0.594. The van der Waals surface area contributed by atoms with Crippen LogP contribution in [-0.2, 0) is 11.3 Å². The molecule has 25 heavy (non-hydrogen) atoms. The molecule has 4 nitrogen and oxygen atoms in total. The van der Waals surface area contributed by atoms with Gasteiger partial charge in [-0.15, -0.1) is 0 Å². The van der Waals surface area contributed by atoms with Crippen LogP contribution in [0.1, 0.15) is 30.5 Å². The number of hydrogen-bond donors (Lipinski definition) is 1. The molecule has 1 amide bonds. The van der Waals surface area contributed by atoms with E-state index in [1.807, 2.05) is 50.2 Å². The second-order valence-corrected chi connectivity index (χ2v) is 6.27. The molecule has 0 unspecified atom stereocenters. The second kappa shape index (κ2) is 9.23. The Morgan fingerprint density at radius 3 is 2.52 bits per heavy atom. The number of nitrogens with zero attached hydrogens (tertiary/aromatic N) is 1. The summed E-state index contributed by atoms with van der Waals surface area (Å²) in [7, 11) is 0. The monoisotopic (exact) mass is 340 g/mol. The van der Waals surface area contributed by atoms with Crippen molar-refractivity contribution in [1.82, 2.24) is 4.90 Å². The number of amides is 1. The number of carbonyl (C=O) groups excluding carboxylic acids is 1. The van der Waals surface area contributed by atoms with Crippen LogP contribution in [0.2, 0.25) is 0 Å². The lowest BCUT2D eigenvalue weighted by Gasteiger charge is -2.18. The minimum atomic E-state index is -0.153. The van der Waals surface area contributed by atoms with Gasteiger partial charge < -0.3 is 10.1 Å². The molecule has 2 aromatic rings. The number of hydrogen-bond acceptors (Lipinski definition) is 3. The Bertz CT molecular complexity index is 709. The highest BCUT2D eigenvalue weighted by molar-refractivity contribution is 5.91. The number of aryl methyl sites for hydroxylation is 2. The first-order valence-corrected chi connectivity index (χ1v) is 8.83. The molecular weight excluding hydrogens is 312 g/mol. The van der Waals surface area contributed by atoms with Crippen molar-refractivity contribution in [2.24, 2.45) is 0 Å². The third-order valence-corrected chi connectivity index (χ3v) is 4.20. The Balaban J connectivity index is 1.91. The van der Waals surface area contributed by atoms with E-state index in [1.165, 1.54) is 11.1 Å². The Morgan fingerprint density at radius 2 is 1.84 bits per heavy atom. The zero-order valence-corrected chi connectivity index (χ0v) is 15.6. The maximum absolute atomic E-state index is 12.2. The second-order valence-electron chi connectivity index (χ2n) is 6.27. The standard InChI is InChI=1S/C21H28N2O2/c1-5-23(6-2)14-18-8-7-9-19(13-18)22-21(24)15-25-20-11-10-16(3)12-17(20)4/h7-13H,5-6,14-15H2,1-4H3,(H,22,24). The van der Waals surface area contributed by atoms with Gasteiger partial charge in [-0.3, -0.25) is 9.69 Å². The number of benzene rings is 2. The molecule has 1 N–H and O–H groups in total. The molecule has 0 radical (unpaired) electrons. The van der Waals surface area contributed by atoms with Gasteiger partial charge in [-0.1, -0.05) is 43.7 Å². The van der Waals surface area contributed by atoms with Gasteiger partial charge in [0.25, 0.3) is 5.91 Å². The van der Waals surface area contributed by atoms with Crippen molar-refractivity contribution in [2.45, 2.75) is 34.2 Å². The molecule has 0 saturated heterocycles. The smallest absolute Gasteiger partial charge is 0.262 e. The Kier molecular flexibility index (Phi) is 7.02. The number of rotatable bonds is 8. The van der Waals surface area contributed by atoms with Crippen molar-refractivity contribution in [3.05, 3.63) is 59.2 Å². The average Bonchev–Trinajstić information content (AvgIpc) is 2.59. The van der Waals surface area contributed by atoms with E-state index >= 15 is 0 Å². The summed E-state index contributed by atoms with van der Waals surface area (Å²) in [5, 5.41) is 2.91.